The molecular formula is C14H10ClN3O2S. The Morgan fingerprint density at radius 1 is 1.19 bits per heavy atom. The quantitative estimate of drug-likeness (QED) is 0.792. The molecule has 1 aromatic carbocycles. The molecule has 3 aromatic rings. The molecule has 0 aliphatic rings. The molecule has 0 spiro atoms. The normalized spacial score (nSPS) is 10.6. The maximum Gasteiger partial charge on any atom is 0.322 e. The van der Waals surface area contributed by atoms with E-state index in [1.165, 1.54) is 11.3 Å². The second kappa shape index (κ2) is 5.67. The topological polar surface area (TPSA) is 68.0 Å². The van der Waals surface area contributed by atoms with Gasteiger partial charge >= 0.3 is 6.01 Å². The molecule has 0 aliphatic carbocycles. The number of nitrogens with one attached hydrogen (secondary N) is 1. The van der Waals surface area contributed by atoms with Crippen LogP contribution in [0, 0.1) is 6.92 Å². The number of hydrogen-bond acceptors (Lipinski definition) is 5. The summed E-state index contributed by atoms with van der Waals surface area (Å²) in [6.45, 7) is 1.96. The SMILES string of the molecule is Cc1ccc(C(=O)Nc2nnc(-c3ccc(Cl)s3)o2)cc1. The number of carbonyl (C=O) groups excluding carboxylic acids is 1. The molecule has 0 bridgehead atoms. The first-order chi connectivity index (χ1) is 10.1. The summed E-state index contributed by atoms with van der Waals surface area (Å²) in [5.41, 5.74) is 1.61. The van der Waals surface area contributed by atoms with E-state index >= 15 is 0 Å². The zero-order valence-corrected chi connectivity index (χ0v) is 12.5. The summed E-state index contributed by atoms with van der Waals surface area (Å²) in [4.78, 5) is 12.8. The first-order valence-corrected chi connectivity index (χ1v) is 7.28. The Hall–Kier alpha value is -2.18. The van der Waals surface area contributed by atoms with Crippen LogP contribution in [0.4, 0.5) is 6.01 Å². The van der Waals surface area contributed by atoms with Crippen molar-refractivity contribution in [2.24, 2.45) is 0 Å². The molecule has 106 valence electrons. The van der Waals surface area contributed by atoms with Crippen LogP contribution in [0.25, 0.3) is 10.8 Å². The van der Waals surface area contributed by atoms with E-state index in [0.717, 1.165) is 10.4 Å². The van der Waals surface area contributed by atoms with Gasteiger partial charge in [-0.05, 0) is 31.2 Å². The number of carbonyl (C=O) groups is 1. The number of halogens is 1. The molecule has 7 heteroatoms. The Balaban J connectivity index is 1.75. The predicted octanol–water partition coefficient (Wildman–Crippen LogP) is 4.01. The largest absolute Gasteiger partial charge is 0.402 e. The van der Waals surface area contributed by atoms with Gasteiger partial charge in [0.25, 0.3) is 11.8 Å². The van der Waals surface area contributed by atoms with Crippen LogP contribution in [-0.2, 0) is 0 Å². The van der Waals surface area contributed by atoms with Crippen molar-refractivity contribution >= 4 is 34.9 Å². The predicted molar refractivity (Wildman–Crippen MR) is 81.8 cm³/mol. The smallest absolute Gasteiger partial charge is 0.322 e. The number of thiophene rings is 1. The van der Waals surface area contributed by atoms with Gasteiger partial charge < -0.3 is 4.42 Å². The zero-order valence-electron chi connectivity index (χ0n) is 11.0. The molecule has 0 radical (unpaired) electrons. The van der Waals surface area contributed by atoms with Crippen molar-refractivity contribution in [2.75, 3.05) is 5.32 Å². The van der Waals surface area contributed by atoms with Crippen LogP contribution >= 0.6 is 22.9 Å². The van der Waals surface area contributed by atoms with Crippen molar-refractivity contribution in [3.63, 3.8) is 0 Å². The molecule has 3 rings (SSSR count). The van der Waals surface area contributed by atoms with Gasteiger partial charge in [0.1, 0.15) is 0 Å². The summed E-state index contributed by atoms with van der Waals surface area (Å²) < 4.78 is 6.03. The Labute approximate surface area is 129 Å². The highest BCUT2D eigenvalue weighted by Crippen LogP contribution is 2.30. The second-order valence-electron chi connectivity index (χ2n) is 4.34. The summed E-state index contributed by atoms with van der Waals surface area (Å²) in [5.74, 6) is 0.0283. The lowest BCUT2D eigenvalue weighted by Gasteiger charge is -2.00. The summed E-state index contributed by atoms with van der Waals surface area (Å²) in [6, 6.07) is 10.8. The zero-order chi connectivity index (χ0) is 14.8. The molecule has 2 aromatic heterocycles. The lowest BCUT2D eigenvalue weighted by atomic mass is 10.1. The molecule has 0 fully saturated rings. The maximum absolute atomic E-state index is 12.0. The molecule has 2 heterocycles. The van der Waals surface area contributed by atoms with Gasteiger partial charge in [0.2, 0.25) is 0 Å². The minimum Gasteiger partial charge on any atom is -0.402 e. The Kier molecular flexibility index (Phi) is 3.72. The van der Waals surface area contributed by atoms with Crippen LogP contribution in [0.3, 0.4) is 0 Å². The first kappa shape index (κ1) is 13.8. The van der Waals surface area contributed by atoms with Gasteiger partial charge in [0.05, 0.1) is 9.21 Å². The van der Waals surface area contributed by atoms with E-state index in [9.17, 15) is 4.79 Å². The number of benzene rings is 1. The molecule has 0 saturated carbocycles. The van der Waals surface area contributed by atoms with Crippen LogP contribution in [0.2, 0.25) is 4.34 Å². The van der Waals surface area contributed by atoms with Crippen LogP contribution in [0.15, 0.2) is 40.8 Å². The number of rotatable bonds is 3. The number of aromatic nitrogens is 2. The highest BCUT2D eigenvalue weighted by Gasteiger charge is 2.13. The van der Waals surface area contributed by atoms with E-state index in [2.05, 4.69) is 15.5 Å². The van der Waals surface area contributed by atoms with Crippen molar-refractivity contribution in [1.82, 2.24) is 10.2 Å². The first-order valence-electron chi connectivity index (χ1n) is 6.09. The summed E-state index contributed by atoms with van der Waals surface area (Å²) >= 11 is 7.18. The Morgan fingerprint density at radius 2 is 1.95 bits per heavy atom. The minimum absolute atomic E-state index is 0.0556. The van der Waals surface area contributed by atoms with E-state index in [0.29, 0.717) is 15.8 Å². The highest BCUT2D eigenvalue weighted by molar-refractivity contribution is 7.19. The second-order valence-corrected chi connectivity index (χ2v) is 6.05. The van der Waals surface area contributed by atoms with Crippen LogP contribution < -0.4 is 5.32 Å². The Morgan fingerprint density at radius 3 is 2.62 bits per heavy atom. The lowest BCUT2D eigenvalue weighted by Crippen LogP contribution is -2.11. The fraction of sp³-hybridized carbons (Fsp3) is 0.0714. The molecule has 0 saturated heterocycles. The molecule has 0 aliphatic heterocycles. The van der Waals surface area contributed by atoms with E-state index in [1.54, 1.807) is 24.3 Å². The van der Waals surface area contributed by atoms with Crippen molar-refractivity contribution in [3.8, 4) is 10.8 Å². The van der Waals surface area contributed by atoms with Crippen LogP contribution in [0.5, 0.6) is 0 Å². The molecule has 5 nitrogen and oxygen atoms in total. The monoisotopic (exact) mass is 319 g/mol. The van der Waals surface area contributed by atoms with Gasteiger partial charge in [-0.2, -0.15) is 0 Å². The summed E-state index contributed by atoms with van der Waals surface area (Å²) in [6.07, 6.45) is 0. The van der Waals surface area contributed by atoms with Gasteiger partial charge in [0.15, 0.2) is 0 Å². The number of amides is 1. The third kappa shape index (κ3) is 3.12. The van der Waals surface area contributed by atoms with E-state index in [1.807, 2.05) is 19.1 Å². The average Bonchev–Trinajstić information content (AvgIpc) is 3.08. The number of hydrogen-bond donors (Lipinski definition) is 1. The Bertz CT molecular complexity index is 780. The number of anilines is 1. The van der Waals surface area contributed by atoms with Gasteiger partial charge in [-0.25, -0.2) is 0 Å². The van der Waals surface area contributed by atoms with E-state index in [4.69, 9.17) is 16.0 Å². The fourth-order valence-corrected chi connectivity index (χ4v) is 2.64. The third-order valence-corrected chi connectivity index (χ3v) is 3.96. The van der Waals surface area contributed by atoms with Crippen molar-refractivity contribution in [1.29, 1.82) is 0 Å². The standard InChI is InChI=1S/C14H10ClN3O2S/c1-8-2-4-9(5-3-8)12(19)16-14-18-17-13(20-14)10-6-7-11(15)21-10/h2-7H,1H3,(H,16,18,19). The minimum atomic E-state index is -0.297. The lowest BCUT2D eigenvalue weighted by molar-refractivity contribution is 0.102. The molecular weight excluding hydrogens is 310 g/mol. The summed E-state index contributed by atoms with van der Waals surface area (Å²) in [5, 5.41) is 10.2. The fourth-order valence-electron chi connectivity index (χ4n) is 1.68. The van der Waals surface area contributed by atoms with Gasteiger partial charge in [0, 0.05) is 5.56 Å². The average molecular weight is 320 g/mol. The molecule has 0 unspecified atom stereocenters. The van der Waals surface area contributed by atoms with Crippen LogP contribution in [-0.4, -0.2) is 16.1 Å². The van der Waals surface area contributed by atoms with Gasteiger partial charge in [-0.1, -0.05) is 34.4 Å². The van der Waals surface area contributed by atoms with Crippen molar-refractivity contribution in [2.45, 2.75) is 6.92 Å². The maximum atomic E-state index is 12.0. The van der Waals surface area contributed by atoms with Gasteiger partial charge in [-0.3, -0.25) is 10.1 Å². The highest BCUT2D eigenvalue weighted by atomic mass is 35.5. The van der Waals surface area contributed by atoms with E-state index in [-0.39, 0.29) is 11.9 Å². The van der Waals surface area contributed by atoms with Crippen LogP contribution in [0.1, 0.15) is 15.9 Å². The molecule has 0 atom stereocenters. The third-order valence-electron chi connectivity index (χ3n) is 2.74. The van der Waals surface area contributed by atoms with Gasteiger partial charge in [-0.15, -0.1) is 16.4 Å². The molecule has 21 heavy (non-hydrogen) atoms. The summed E-state index contributed by atoms with van der Waals surface area (Å²) in [7, 11) is 0. The number of nitrogens with zero attached hydrogens (tertiary/aromatic N) is 2. The molecule has 1 N–H and O–H groups in total. The number of aryl methyl sites for hydroxylation is 1. The molecule has 1 amide bonds. The van der Waals surface area contributed by atoms with Crippen molar-refractivity contribution < 1.29 is 9.21 Å². The van der Waals surface area contributed by atoms with E-state index < -0.39 is 0 Å². The van der Waals surface area contributed by atoms with Crippen molar-refractivity contribution in [3.05, 3.63) is 51.9 Å².